The summed E-state index contributed by atoms with van der Waals surface area (Å²) >= 11 is 0. The summed E-state index contributed by atoms with van der Waals surface area (Å²) in [5.74, 6) is -3.33. The number of aliphatic hydroxyl groups excluding tert-OH is 1. The van der Waals surface area contributed by atoms with Gasteiger partial charge in [-0.05, 0) is 35.7 Å². The normalized spacial score (nSPS) is 12.9. The molecule has 150 valence electrons. The first-order valence-electron chi connectivity index (χ1n) is 9.14. The number of aromatic nitrogens is 3. The zero-order valence-electron chi connectivity index (χ0n) is 15.8. The van der Waals surface area contributed by atoms with Crippen LogP contribution in [0.2, 0.25) is 0 Å². The highest BCUT2D eigenvalue weighted by molar-refractivity contribution is 5.99. The van der Waals surface area contributed by atoms with Gasteiger partial charge in [-0.3, -0.25) is 5.10 Å². The van der Waals surface area contributed by atoms with Crippen molar-refractivity contribution >= 4 is 27.8 Å². The van der Waals surface area contributed by atoms with Crippen LogP contribution < -0.4 is 0 Å². The number of aliphatic hydroxyl groups is 1. The Balaban J connectivity index is 2.10. The van der Waals surface area contributed by atoms with Crippen molar-refractivity contribution in [1.29, 1.82) is 0 Å². The van der Waals surface area contributed by atoms with Gasteiger partial charge < -0.3 is 14.8 Å². The number of fused-ring (bicyclic) bond motifs is 2. The highest BCUT2D eigenvalue weighted by atomic mass is 19.2. The van der Waals surface area contributed by atoms with E-state index in [0.29, 0.717) is 16.8 Å². The fraction of sp³-hybridized carbons (Fsp3) is 0.238. The molecule has 2 aromatic carbocycles. The molecule has 1 unspecified atom stereocenters. The van der Waals surface area contributed by atoms with Crippen LogP contribution in [0.15, 0.2) is 36.5 Å². The van der Waals surface area contributed by atoms with Gasteiger partial charge in [-0.1, -0.05) is 13.8 Å². The Morgan fingerprint density at radius 2 is 1.97 bits per heavy atom. The van der Waals surface area contributed by atoms with Crippen molar-refractivity contribution in [2.24, 2.45) is 0 Å². The molecule has 6 nitrogen and oxygen atoms in total. The lowest BCUT2D eigenvalue weighted by Gasteiger charge is -2.16. The summed E-state index contributed by atoms with van der Waals surface area (Å²) in [4.78, 5) is 11.3. The van der Waals surface area contributed by atoms with Gasteiger partial charge in [-0.25, -0.2) is 13.6 Å². The molecule has 3 N–H and O–H groups in total. The van der Waals surface area contributed by atoms with Crippen molar-refractivity contribution < 1.29 is 23.8 Å². The Kier molecular flexibility index (Phi) is 4.58. The van der Waals surface area contributed by atoms with Gasteiger partial charge in [0.1, 0.15) is 0 Å². The van der Waals surface area contributed by atoms with E-state index in [0.717, 1.165) is 34.1 Å². The van der Waals surface area contributed by atoms with Crippen LogP contribution in [0.4, 0.5) is 8.78 Å². The molecular formula is C21H19F2N3O3. The van der Waals surface area contributed by atoms with E-state index in [4.69, 9.17) is 0 Å². The van der Waals surface area contributed by atoms with Crippen LogP contribution in [0.3, 0.4) is 0 Å². The molecule has 2 heterocycles. The SMILES string of the molecule is CC(C)c1c(CC(O)C(=O)O)c2cc3[nH]ncc3cc2n1-c1ccc(F)c(F)c1. The van der Waals surface area contributed by atoms with Crippen molar-refractivity contribution in [2.75, 3.05) is 0 Å². The van der Waals surface area contributed by atoms with Crippen molar-refractivity contribution in [1.82, 2.24) is 14.8 Å². The topological polar surface area (TPSA) is 91.1 Å². The lowest BCUT2D eigenvalue weighted by atomic mass is 9.98. The van der Waals surface area contributed by atoms with Crippen molar-refractivity contribution in [3.05, 3.63) is 59.4 Å². The first-order valence-corrected chi connectivity index (χ1v) is 9.14. The van der Waals surface area contributed by atoms with E-state index in [1.165, 1.54) is 6.07 Å². The molecule has 4 rings (SSSR count). The molecular weight excluding hydrogens is 380 g/mol. The van der Waals surface area contributed by atoms with E-state index in [-0.39, 0.29) is 12.3 Å². The molecule has 8 heteroatoms. The monoisotopic (exact) mass is 399 g/mol. The first-order chi connectivity index (χ1) is 13.8. The van der Waals surface area contributed by atoms with Crippen LogP contribution in [0, 0.1) is 11.6 Å². The van der Waals surface area contributed by atoms with Crippen LogP contribution in [0.5, 0.6) is 0 Å². The molecule has 0 amide bonds. The Morgan fingerprint density at radius 3 is 2.62 bits per heavy atom. The van der Waals surface area contributed by atoms with Gasteiger partial charge in [0, 0.05) is 34.6 Å². The third-order valence-corrected chi connectivity index (χ3v) is 5.06. The fourth-order valence-corrected chi connectivity index (χ4v) is 3.81. The highest BCUT2D eigenvalue weighted by Crippen LogP contribution is 2.37. The average molecular weight is 399 g/mol. The zero-order chi connectivity index (χ0) is 20.9. The van der Waals surface area contributed by atoms with E-state index in [9.17, 15) is 23.8 Å². The quantitative estimate of drug-likeness (QED) is 0.475. The van der Waals surface area contributed by atoms with E-state index < -0.39 is 23.7 Å². The van der Waals surface area contributed by atoms with Crippen LogP contribution >= 0.6 is 0 Å². The Morgan fingerprint density at radius 1 is 1.21 bits per heavy atom. The largest absolute Gasteiger partial charge is 0.479 e. The number of aromatic amines is 1. The van der Waals surface area contributed by atoms with E-state index >= 15 is 0 Å². The van der Waals surface area contributed by atoms with Gasteiger partial charge in [-0.2, -0.15) is 5.10 Å². The second-order valence-corrected chi connectivity index (χ2v) is 7.34. The molecule has 0 aliphatic carbocycles. The summed E-state index contributed by atoms with van der Waals surface area (Å²) in [5.41, 5.74) is 3.23. The summed E-state index contributed by atoms with van der Waals surface area (Å²) in [6, 6.07) is 7.34. The molecule has 29 heavy (non-hydrogen) atoms. The number of carboxylic acids is 1. The van der Waals surface area contributed by atoms with E-state index in [1.54, 1.807) is 10.8 Å². The molecule has 0 aliphatic rings. The molecule has 2 aromatic heterocycles. The minimum atomic E-state index is -1.59. The molecule has 0 radical (unpaired) electrons. The Hall–Kier alpha value is -3.26. The van der Waals surface area contributed by atoms with Gasteiger partial charge in [0.2, 0.25) is 0 Å². The van der Waals surface area contributed by atoms with Gasteiger partial charge in [-0.15, -0.1) is 0 Å². The molecule has 0 spiro atoms. The fourth-order valence-electron chi connectivity index (χ4n) is 3.81. The van der Waals surface area contributed by atoms with E-state index in [2.05, 4.69) is 10.2 Å². The number of H-pyrrole nitrogens is 1. The summed E-state index contributed by atoms with van der Waals surface area (Å²) in [7, 11) is 0. The predicted molar refractivity (Wildman–Crippen MR) is 104 cm³/mol. The van der Waals surface area contributed by atoms with Gasteiger partial charge in [0.05, 0.1) is 17.2 Å². The maximum atomic E-state index is 14.0. The maximum absolute atomic E-state index is 14.0. The maximum Gasteiger partial charge on any atom is 0.332 e. The van der Waals surface area contributed by atoms with Crippen molar-refractivity contribution in [3.8, 4) is 5.69 Å². The number of nitrogens with one attached hydrogen (secondary N) is 1. The number of carboxylic acid groups (broad SMARTS) is 1. The Bertz CT molecular complexity index is 1240. The molecule has 0 aliphatic heterocycles. The predicted octanol–water partition coefficient (Wildman–Crippen LogP) is 3.90. The van der Waals surface area contributed by atoms with Gasteiger partial charge in [0.15, 0.2) is 17.7 Å². The number of hydrogen-bond donors (Lipinski definition) is 3. The molecule has 0 fully saturated rings. The van der Waals surface area contributed by atoms with Crippen molar-refractivity contribution in [3.63, 3.8) is 0 Å². The lowest BCUT2D eigenvalue weighted by molar-refractivity contribution is -0.146. The third kappa shape index (κ3) is 3.15. The molecule has 0 saturated carbocycles. The number of carbonyl (C=O) groups is 1. The number of benzene rings is 2. The number of rotatable bonds is 5. The standard InChI is InChI=1S/C21H19F2N3O3/c1-10(2)20-14(8-19(27)21(28)29)13-7-17-11(9-24-25-17)5-18(13)26(20)12-3-4-15(22)16(23)6-12/h3-7,9-10,19,27H,8H2,1-2H3,(H,24,25)(H,28,29). The summed E-state index contributed by atoms with van der Waals surface area (Å²) < 4.78 is 29.3. The molecule has 4 aromatic rings. The van der Waals surface area contributed by atoms with E-state index in [1.807, 2.05) is 26.0 Å². The smallest absolute Gasteiger partial charge is 0.332 e. The summed E-state index contributed by atoms with van der Waals surface area (Å²) in [5, 5.41) is 27.7. The number of aliphatic carboxylic acids is 1. The minimum absolute atomic E-state index is 0.0806. The van der Waals surface area contributed by atoms with Crippen molar-refractivity contribution in [2.45, 2.75) is 32.3 Å². The molecule has 0 bridgehead atoms. The lowest BCUT2D eigenvalue weighted by Crippen LogP contribution is -2.22. The number of hydrogen-bond acceptors (Lipinski definition) is 3. The summed E-state index contributed by atoms with van der Waals surface area (Å²) in [6.07, 6.45) is -0.0534. The number of halogens is 2. The summed E-state index contributed by atoms with van der Waals surface area (Å²) in [6.45, 7) is 3.85. The minimum Gasteiger partial charge on any atom is -0.479 e. The van der Waals surface area contributed by atoms with Gasteiger partial charge >= 0.3 is 5.97 Å². The zero-order valence-corrected chi connectivity index (χ0v) is 15.8. The second-order valence-electron chi connectivity index (χ2n) is 7.34. The highest BCUT2D eigenvalue weighted by Gasteiger charge is 2.25. The average Bonchev–Trinajstić information content (AvgIpc) is 3.24. The van der Waals surface area contributed by atoms with Crippen LogP contribution in [-0.2, 0) is 11.2 Å². The first kappa shape index (κ1) is 19.1. The van der Waals surface area contributed by atoms with Gasteiger partial charge in [0.25, 0.3) is 0 Å². The second kappa shape index (κ2) is 6.97. The number of nitrogens with zero attached hydrogens (tertiary/aromatic N) is 2. The molecule has 1 atom stereocenters. The van der Waals surface area contributed by atoms with Crippen LogP contribution in [0.25, 0.3) is 27.5 Å². The molecule has 0 saturated heterocycles. The third-order valence-electron chi connectivity index (χ3n) is 5.06. The van der Waals surface area contributed by atoms with Crippen LogP contribution in [0.1, 0.15) is 31.0 Å². The Labute approximate surface area is 164 Å². The van der Waals surface area contributed by atoms with Crippen LogP contribution in [-0.4, -0.2) is 37.1 Å².